The first-order valence-electron chi connectivity index (χ1n) is 9.27. The Morgan fingerprint density at radius 1 is 1.23 bits per heavy atom. The lowest BCUT2D eigenvalue weighted by molar-refractivity contribution is 0.119. The van der Waals surface area contributed by atoms with Gasteiger partial charge >= 0.3 is 6.03 Å². The van der Waals surface area contributed by atoms with Crippen LogP contribution in [-0.2, 0) is 0 Å². The number of nitrogens with one attached hydrogen (secondary N) is 1. The number of carbonyl (C=O) groups is 1. The summed E-state index contributed by atoms with van der Waals surface area (Å²) in [4.78, 5) is 16.8. The van der Waals surface area contributed by atoms with Gasteiger partial charge in [-0.05, 0) is 42.2 Å². The lowest BCUT2D eigenvalue weighted by Gasteiger charge is -2.37. The number of hydrogen-bond donors (Lipinski definition) is 1. The summed E-state index contributed by atoms with van der Waals surface area (Å²) in [5.41, 5.74) is 1.36. The summed E-state index contributed by atoms with van der Waals surface area (Å²) in [7, 11) is 0. The number of rotatable bonds is 6. The minimum atomic E-state index is -0.0694. The van der Waals surface area contributed by atoms with Crippen molar-refractivity contribution in [3.8, 4) is 0 Å². The highest BCUT2D eigenvalue weighted by molar-refractivity contribution is 7.15. The monoisotopic (exact) mass is 393 g/mol. The molecule has 2 aromatic heterocycles. The van der Waals surface area contributed by atoms with Crippen LogP contribution in [0.4, 0.5) is 9.93 Å². The van der Waals surface area contributed by atoms with Gasteiger partial charge in [0.1, 0.15) is 5.01 Å². The van der Waals surface area contributed by atoms with E-state index in [1.54, 1.807) is 11.3 Å². The minimum absolute atomic E-state index is 0.0694. The Morgan fingerprint density at radius 3 is 2.58 bits per heavy atom. The van der Waals surface area contributed by atoms with Crippen LogP contribution in [0.2, 0.25) is 0 Å². The normalized spacial score (nSPS) is 16.8. The Kier molecular flexibility index (Phi) is 6.61. The molecule has 1 atom stereocenters. The molecule has 142 valence electrons. The van der Waals surface area contributed by atoms with Crippen LogP contribution in [-0.4, -0.2) is 52.2 Å². The van der Waals surface area contributed by atoms with E-state index in [1.807, 2.05) is 4.90 Å². The second-order valence-corrected chi connectivity index (χ2v) is 8.43. The summed E-state index contributed by atoms with van der Waals surface area (Å²) < 4.78 is 0. The molecule has 0 radical (unpaired) electrons. The molecule has 1 fully saturated rings. The molecular formula is C18H27N5OS2. The summed E-state index contributed by atoms with van der Waals surface area (Å²) in [6.45, 7) is 9.79. The van der Waals surface area contributed by atoms with Crippen LogP contribution in [0.3, 0.4) is 0 Å². The van der Waals surface area contributed by atoms with Crippen molar-refractivity contribution in [2.75, 3.05) is 31.5 Å². The molecule has 2 amide bonds. The maximum Gasteiger partial charge on any atom is 0.323 e. The largest absolute Gasteiger partial charge is 0.323 e. The highest BCUT2D eigenvalue weighted by Gasteiger charge is 2.25. The number of thiophene rings is 1. The number of nitrogens with zero attached hydrogens (tertiary/aromatic N) is 4. The van der Waals surface area contributed by atoms with Crippen molar-refractivity contribution in [1.82, 2.24) is 20.0 Å². The Labute approximate surface area is 163 Å². The number of urea groups is 1. The zero-order chi connectivity index (χ0) is 18.5. The molecule has 3 heterocycles. The van der Waals surface area contributed by atoms with Crippen molar-refractivity contribution in [1.29, 1.82) is 0 Å². The van der Waals surface area contributed by atoms with E-state index in [0.717, 1.165) is 44.0 Å². The van der Waals surface area contributed by atoms with Gasteiger partial charge < -0.3 is 4.90 Å². The molecule has 1 saturated heterocycles. The van der Waals surface area contributed by atoms with Gasteiger partial charge in [0.05, 0.1) is 0 Å². The summed E-state index contributed by atoms with van der Waals surface area (Å²) in [6.07, 6.45) is 2.09. The zero-order valence-electron chi connectivity index (χ0n) is 15.6. The molecule has 2 aromatic rings. The fourth-order valence-electron chi connectivity index (χ4n) is 3.29. The number of anilines is 1. The molecule has 1 unspecified atom stereocenters. The molecule has 26 heavy (non-hydrogen) atoms. The quantitative estimate of drug-likeness (QED) is 0.789. The molecule has 3 rings (SSSR count). The fraction of sp³-hybridized carbons (Fsp3) is 0.611. The van der Waals surface area contributed by atoms with Gasteiger partial charge in [0.2, 0.25) is 5.13 Å². The molecule has 0 spiro atoms. The van der Waals surface area contributed by atoms with Crippen LogP contribution in [0.1, 0.15) is 56.1 Å². The Balaban J connectivity index is 1.51. The van der Waals surface area contributed by atoms with Crippen LogP contribution in [0.25, 0.3) is 0 Å². The second kappa shape index (κ2) is 8.92. The third-order valence-corrected chi connectivity index (χ3v) is 6.87. The van der Waals surface area contributed by atoms with E-state index in [4.69, 9.17) is 0 Å². The highest BCUT2D eigenvalue weighted by atomic mass is 32.1. The molecular weight excluding hydrogens is 366 g/mol. The predicted molar refractivity (Wildman–Crippen MR) is 108 cm³/mol. The third-order valence-electron chi connectivity index (χ3n) is 5.16. The van der Waals surface area contributed by atoms with Gasteiger partial charge in [-0.3, -0.25) is 10.2 Å². The van der Waals surface area contributed by atoms with Crippen molar-refractivity contribution < 1.29 is 4.79 Å². The van der Waals surface area contributed by atoms with Gasteiger partial charge in [-0.1, -0.05) is 25.2 Å². The van der Waals surface area contributed by atoms with Gasteiger partial charge in [-0.15, -0.1) is 10.2 Å². The molecule has 1 N–H and O–H groups in total. The first kappa shape index (κ1) is 19.3. The molecule has 1 aliphatic rings. The summed E-state index contributed by atoms with van der Waals surface area (Å²) in [6, 6.07) is 2.51. The maximum absolute atomic E-state index is 12.5. The molecule has 0 bridgehead atoms. The second-order valence-electron chi connectivity index (χ2n) is 6.64. The molecule has 1 aliphatic heterocycles. The van der Waals surface area contributed by atoms with Gasteiger partial charge in [0.25, 0.3) is 0 Å². The van der Waals surface area contributed by atoms with Crippen LogP contribution in [0, 0.1) is 0 Å². The summed E-state index contributed by atoms with van der Waals surface area (Å²) >= 11 is 3.23. The Hall–Kier alpha value is -1.51. The fourth-order valence-corrected chi connectivity index (χ4v) is 5.04. The van der Waals surface area contributed by atoms with Crippen molar-refractivity contribution in [2.24, 2.45) is 0 Å². The zero-order valence-corrected chi connectivity index (χ0v) is 17.3. The molecule has 6 nitrogen and oxygen atoms in total. The predicted octanol–water partition coefficient (Wildman–Crippen LogP) is 4.41. The molecule has 0 aromatic carbocycles. The van der Waals surface area contributed by atoms with Gasteiger partial charge in [0, 0.05) is 38.1 Å². The Bertz CT molecular complexity index is 690. The highest BCUT2D eigenvalue weighted by Crippen LogP contribution is 2.28. The van der Waals surface area contributed by atoms with Crippen molar-refractivity contribution in [3.63, 3.8) is 0 Å². The van der Waals surface area contributed by atoms with Crippen LogP contribution < -0.4 is 5.32 Å². The van der Waals surface area contributed by atoms with Gasteiger partial charge in [-0.2, -0.15) is 11.3 Å². The van der Waals surface area contributed by atoms with Crippen LogP contribution in [0.15, 0.2) is 16.8 Å². The van der Waals surface area contributed by atoms with Crippen LogP contribution in [0.5, 0.6) is 0 Å². The SMILES string of the molecule is CCC(CC)c1nnc(NC(=O)N2CCN(C(C)c3ccsc3)CC2)s1. The number of piperazine rings is 1. The van der Waals surface area contributed by atoms with E-state index in [9.17, 15) is 4.79 Å². The number of aromatic nitrogens is 2. The van der Waals surface area contributed by atoms with Crippen molar-refractivity contribution >= 4 is 33.8 Å². The number of hydrogen-bond acceptors (Lipinski definition) is 6. The third kappa shape index (κ3) is 4.42. The van der Waals surface area contributed by atoms with E-state index in [1.165, 1.54) is 16.9 Å². The van der Waals surface area contributed by atoms with Gasteiger partial charge in [0.15, 0.2) is 0 Å². The number of carbonyl (C=O) groups excluding carboxylic acids is 1. The molecule has 8 heteroatoms. The minimum Gasteiger partial charge on any atom is -0.322 e. The van der Waals surface area contributed by atoms with E-state index in [2.05, 4.69) is 58.0 Å². The lowest BCUT2D eigenvalue weighted by atomic mass is 10.1. The van der Waals surface area contributed by atoms with E-state index >= 15 is 0 Å². The van der Waals surface area contributed by atoms with Gasteiger partial charge in [-0.25, -0.2) is 4.79 Å². The summed E-state index contributed by atoms with van der Waals surface area (Å²) in [5, 5.41) is 17.3. The average Bonchev–Trinajstić information content (AvgIpc) is 3.35. The van der Waals surface area contributed by atoms with E-state index in [-0.39, 0.29) is 6.03 Å². The molecule has 0 saturated carbocycles. The van der Waals surface area contributed by atoms with Crippen molar-refractivity contribution in [3.05, 3.63) is 27.4 Å². The first-order valence-corrected chi connectivity index (χ1v) is 11.0. The average molecular weight is 394 g/mol. The standard InChI is InChI=1S/C18H27N5OS2/c1-4-14(5-2)16-20-21-17(26-16)19-18(24)23-9-7-22(8-10-23)13(3)15-6-11-25-12-15/h6,11-14H,4-5,7-10H2,1-3H3,(H,19,21,24). The Morgan fingerprint density at radius 2 is 1.96 bits per heavy atom. The molecule has 0 aliphatic carbocycles. The van der Waals surface area contributed by atoms with E-state index < -0.39 is 0 Å². The van der Waals surface area contributed by atoms with E-state index in [0.29, 0.717) is 17.1 Å². The van der Waals surface area contributed by atoms with Crippen molar-refractivity contribution in [2.45, 2.75) is 45.6 Å². The van der Waals surface area contributed by atoms with Crippen LogP contribution >= 0.6 is 22.7 Å². The topological polar surface area (TPSA) is 61.4 Å². The maximum atomic E-state index is 12.5. The summed E-state index contributed by atoms with van der Waals surface area (Å²) in [5.74, 6) is 0.431. The number of amides is 2. The first-order chi connectivity index (χ1) is 12.6. The smallest absolute Gasteiger partial charge is 0.322 e. The lowest BCUT2D eigenvalue weighted by Crippen LogP contribution is -2.50.